The molecule has 29 heavy (non-hydrogen) atoms. The van der Waals surface area contributed by atoms with Crippen molar-refractivity contribution in [2.75, 3.05) is 13.3 Å². The molecule has 2 N–H and O–H groups in total. The van der Waals surface area contributed by atoms with Gasteiger partial charge in [-0.05, 0) is 28.8 Å². The predicted octanol–water partition coefficient (Wildman–Crippen LogP) is 1.37. The summed E-state index contributed by atoms with van der Waals surface area (Å²) >= 11 is 0. The zero-order valence-electron chi connectivity index (χ0n) is 15.5. The molecular formula is C21H18N6O2. The first-order chi connectivity index (χ1) is 14.2. The van der Waals surface area contributed by atoms with Crippen LogP contribution in [0.2, 0.25) is 0 Å². The molecule has 0 aliphatic carbocycles. The molecule has 0 unspecified atom stereocenters. The minimum atomic E-state index is -0.626. The normalized spacial score (nSPS) is 16.8. The van der Waals surface area contributed by atoms with E-state index in [4.69, 9.17) is 4.74 Å². The minimum Gasteiger partial charge on any atom is -0.352 e. The van der Waals surface area contributed by atoms with Gasteiger partial charge >= 0.3 is 0 Å². The number of nitrogens with one attached hydrogen (secondary N) is 2. The number of benzene rings is 1. The number of fused-ring (bicyclic) bond motifs is 1. The molecule has 1 fully saturated rings. The van der Waals surface area contributed by atoms with Gasteiger partial charge in [0.25, 0.3) is 5.91 Å². The van der Waals surface area contributed by atoms with Crippen molar-refractivity contribution < 1.29 is 9.53 Å². The second kappa shape index (κ2) is 8.11. The Hall–Kier alpha value is -3.72. The quantitative estimate of drug-likeness (QED) is 0.684. The highest BCUT2D eigenvalue weighted by Crippen LogP contribution is 2.23. The Morgan fingerprint density at radius 1 is 1.31 bits per heavy atom. The lowest BCUT2D eigenvalue weighted by Crippen LogP contribution is -2.43. The zero-order chi connectivity index (χ0) is 20.2. The van der Waals surface area contributed by atoms with Gasteiger partial charge in [-0.15, -0.1) is 0 Å². The fourth-order valence-corrected chi connectivity index (χ4v) is 3.29. The third-order valence-corrected chi connectivity index (χ3v) is 4.85. The smallest absolute Gasteiger partial charge is 0.251 e. The average Bonchev–Trinajstić information content (AvgIpc) is 3.43. The maximum Gasteiger partial charge on any atom is 0.251 e. The second-order valence-corrected chi connectivity index (χ2v) is 6.76. The number of pyridine rings is 1. The van der Waals surface area contributed by atoms with Crippen LogP contribution >= 0.6 is 0 Å². The Balaban J connectivity index is 1.46. The van der Waals surface area contributed by atoms with E-state index < -0.39 is 12.1 Å². The molecule has 0 bridgehead atoms. The first kappa shape index (κ1) is 18.6. The molecule has 3 heterocycles. The predicted molar refractivity (Wildman–Crippen MR) is 104 cm³/mol. The monoisotopic (exact) mass is 386 g/mol. The highest BCUT2D eigenvalue weighted by molar-refractivity contribution is 5.82. The van der Waals surface area contributed by atoms with E-state index in [1.807, 2.05) is 42.6 Å². The van der Waals surface area contributed by atoms with E-state index in [0.717, 1.165) is 22.2 Å². The number of nitriles is 2. The fourth-order valence-electron chi connectivity index (χ4n) is 3.29. The summed E-state index contributed by atoms with van der Waals surface area (Å²) in [4.78, 5) is 12.1. The molecule has 8 heteroatoms. The fraction of sp³-hybridized carbons (Fsp3) is 0.238. The van der Waals surface area contributed by atoms with Gasteiger partial charge in [0.1, 0.15) is 18.2 Å². The Labute approximate surface area is 167 Å². The van der Waals surface area contributed by atoms with Crippen molar-refractivity contribution in [3.8, 4) is 23.3 Å². The molecule has 0 saturated carbocycles. The first-order valence-corrected chi connectivity index (χ1v) is 9.17. The van der Waals surface area contributed by atoms with E-state index >= 15 is 0 Å². The van der Waals surface area contributed by atoms with Crippen LogP contribution in [-0.2, 0) is 16.0 Å². The van der Waals surface area contributed by atoms with E-state index in [2.05, 4.69) is 27.9 Å². The van der Waals surface area contributed by atoms with Crippen LogP contribution in [0.1, 0.15) is 11.1 Å². The van der Waals surface area contributed by atoms with E-state index in [1.54, 1.807) is 10.7 Å². The summed E-state index contributed by atoms with van der Waals surface area (Å²) in [6.45, 7) is 0.797. The highest BCUT2D eigenvalue weighted by atomic mass is 16.5. The van der Waals surface area contributed by atoms with Gasteiger partial charge in [-0.2, -0.15) is 15.6 Å². The lowest BCUT2D eigenvalue weighted by molar-refractivity contribution is -0.129. The number of aromatic nitrogens is 2. The number of rotatable bonds is 5. The van der Waals surface area contributed by atoms with Crippen molar-refractivity contribution >= 4 is 11.4 Å². The standard InChI is InChI=1S/C21H18N6O2/c22-9-17-11-25-27-6-5-16(8-19(17)27)15-3-1-14(2-4-15)7-18(10-23)26-21(28)20-12-24-13-29-20/h1-6,8,11,18,20,24H,7,12-13H2,(H,26,28)/t18-,20-/m0/s1. The summed E-state index contributed by atoms with van der Waals surface area (Å²) in [6, 6.07) is 15.3. The molecular weight excluding hydrogens is 368 g/mol. The van der Waals surface area contributed by atoms with Crippen molar-refractivity contribution in [1.82, 2.24) is 20.2 Å². The molecule has 4 rings (SSSR count). The van der Waals surface area contributed by atoms with Crippen molar-refractivity contribution in [2.45, 2.75) is 18.6 Å². The highest BCUT2D eigenvalue weighted by Gasteiger charge is 2.25. The van der Waals surface area contributed by atoms with Crippen LogP contribution in [-0.4, -0.2) is 40.9 Å². The number of carbonyl (C=O) groups excluding carboxylic acids is 1. The molecule has 3 aromatic rings. The molecule has 0 spiro atoms. The Morgan fingerprint density at radius 3 is 2.83 bits per heavy atom. The van der Waals surface area contributed by atoms with Gasteiger partial charge < -0.3 is 10.1 Å². The number of nitrogens with zero attached hydrogens (tertiary/aromatic N) is 4. The van der Waals surface area contributed by atoms with E-state index in [0.29, 0.717) is 25.3 Å². The third-order valence-electron chi connectivity index (χ3n) is 4.85. The molecule has 0 radical (unpaired) electrons. The summed E-state index contributed by atoms with van der Waals surface area (Å²) in [6.07, 6.45) is 3.22. The summed E-state index contributed by atoms with van der Waals surface area (Å²) in [5, 5.41) is 28.4. The van der Waals surface area contributed by atoms with Crippen LogP contribution in [0.3, 0.4) is 0 Å². The number of amides is 1. The molecule has 2 aromatic heterocycles. The summed E-state index contributed by atoms with van der Waals surface area (Å²) < 4.78 is 6.92. The van der Waals surface area contributed by atoms with E-state index in [1.165, 1.54) is 0 Å². The van der Waals surface area contributed by atoms with Crippen LogP contribution in [0.15, 0.2) is 48.8 Å². The van der Waals surface area contributed by atoms with Gasteiger partial charge in [-0.3, -0.25) is 10.1 Å². The third kappa shape index (κ3) is 3.94. The molecule has 2 atom stereocenters. The Morgan fingerprint density at radius 2 is 2.14 bits per heavy atom. The number of carbonyl (C=O) groups is 1. The summed E-state index contributed by atoms with van der Waals surface area (Å²) in [5.41, 5.74) is 4.18. The zero-order valence-corrected chi connectivity index (χ0v) is 15.5. The molecule has 1 aliphatic heterocycles. The first-order valence-electron chi connectivity index (χ1n) is 9.17. The van der Waals surface area contributed by atoms with Gasteiger partial charge in [0.05, 0.1) is 30.1 Å². The number of ether oxygens (including phenoxy) is 1. The van der Waals surface area contributed by atoms with E-state index in [9.17, 15) is 15.3 Å². The summed E-state index contributed by atoms with van der Waals surface area (Å²) in [7, 11) is 0. The topological polar surface area (TPSA) is 115 Å². The lowest BCUT2D eigenvalue weighted by atomic mass is 10.0. The van der Waals surface area contributed by atoms with Crippen molar-refractivity contribution in [3.05, 3.63) is 59.9 Å². The Bertz CT molecular complexity index is 1120. The van der Waals surface area contributed by atoms with Crippen molar-refractivity contribution in [1.29, 1.82) is 10.5 Å². The van der Waals surface area contributed by atoms with Crippen LogP contribution in [0.5, 0.6) is 0 Å². The van der Waals surface area contributed by atoms with Crippen LogP contribution in [0.25, 0.3) is 16.6 Å². The van der Waals surface area contributed by atoms with Crippen molar-refractivity contribution in [3.63, 3.8) is 0 Å². The maximum atomic E-state index is 12.1. The van der Waals surface area contributed by atoms with Gasteiger partial charge in [0.15, 0.2) is 0 Å². The minimum absolute atomic E-state index is 0.277. The Kier molecular flexibility index (Phi) is 5.21. The van der Waals surface area contributed by atoms with Crippen molar-refractivity contribution in [2.24, 2.45) is 0 Å². The maximum absolute atomic E-state index is 12.1. The second-order valence-electron chi connectivity index (χ2n) is 6.76. The number of hydrogen-bond donors (Lipinski definition) is 2. The SMILES string of the molecule is N#Cc1cnn2ccc(-c3ccc(C[C@@H](C#N)NC(=O)[C@@H]4CNCO4)cc3)cc12. The van der Waals surface area contributed by atoms with Crippen LogP contribution in [0, 0.1) is 22.7 Å². The molecule has 144 valence electrons. The molecule has 1 amide bonds. The number of hydrogen-bond acceptors (Lipinski definition) is 6. The molecule has 8 nitrogen and oxygen atoms in total. The van der Waals surface area contributed by atoms with E-state index in [-0.39, 0.29) is 5.91 Å². The van der Waals surface area contributed by atoms with Gasteiger partial charge in [-0.1, -0.05) is 24.3 Å². The average molecular weight is 386 g/mol. The van der Waals surface area contributed by atoms with Crippen LogP contribution in [0.4, 0.5) is 0 Å². The van der Waals surface area contributed by atoms with Crippen LogP contribution < -0.4 is 10.6 Å². The molecule has 1 aliphatic rings. The van der Waals surface area contributed by atoms with Gasteiger partial charge in [0.2, 0.25) is 0 Å². The van der Waals surface area contributed by atoms with Gasteiger partial charge in [0, 0.05) is 19.2 Å². The van der Waals surface area contributed by atoms with Gasteiger partial charge in [-0.25, -0.2) is 4.52 Å². The lowest BCUT2D eigenvalue weighted by Gasteiger charge is -2.15. The largest absolute Gasteiger partial charge is 0.352 e. The summed E-state index contributed by atoms with van der Waals surface area (Å²) in [5.74, 6) is -0.277. The molecule has 1 aromatic carbocycles. The molecule has 1 saturated heterocycles.